The van der Waals surface area contributed by atoms with Crippen molar-refractivity contribution in [1.29, 1.82) is 0 Å². The molecule has 0 fully saturated rings. The van der Waals surface area contributed by atoms with Crippen LogP contribution in [0.5, 0.6) is 0 Å². The van der Waals surface area contributed by atoms with Crippen molar-refractivity contribution in [3.63, 3.8) is 0 Å². The lowest BCUT2D eigenvalue weighted by atomic mass is 10.1. The third-order valence-electron chi connectivity index (χ3n) is 2.70. The summed E-state index contributed by atoms with van der Waals surface area (Å²) < 4.78 is 15.5. The lowest BCUT2D eigenvalue weighted by Gasteiger charge is -2.18. The van der Waals surface area contributed by atoms with Gasteiger partial charge in [0, 0.05) is 13.2 Å². The quantitative estimate of drug-likeness (QED) is 0.871. The number of aromatic nitrogens is 4. The van der Waals surface area contributed by atoms with Crippen LogP contribution >= 0.6 is 0 Å². The molecule has 18 heavy (non-hydrogen) atoms. The van der Waals surface area contributed by atoms with Crippen LogP contribution in [-0.4, -0.2) is 26.5 Å². The zero-order chi connectivity index (χ0) is 13.0. The van der Waals surface area contributed by atoms with Crippen LogP contribution in [0.15, 0.2) is 24.5 Å². The Bertz CT molecular complexity index is 511. The molecule has 6 heteroatoms. The Morgan fingerprint density at radius 2 is 2.33 bits per heavy atom. The van der Waals surface area contributed by atoms with Gasteiger partial charge in [-0.1, -0.05) is 12.1 Å². The molecule has 5 nitrogen and oxygen atoms in total. The number of hydrogen-bond donors (Lipinski definition) is 1. The number of rotatable bonds is 5. The van der Waals surface area contributed by atoms with E-state index in [9.17, 15) is 4.39 Å². The first kappa shape index (κ1) is 12.6. The molecule has 2 aromatic heterocycles. The van der Waals surface area contributed by atoms with E-state index in [2.05, 4.69) is 27.5 Å². The largest absolute Gasteiger partial charge is 0.304 e. The molecule has 1 atom stereocenters. The number of nitrogens with zero attached hydrogens (tertiary/aromatic N) is 4. The highest BCUT2D eigenvalue weighted by molar-refractivity contribution is 5.21. The Morgan fingerprint density at radius 1 is 1.50 bits per heavy atom. The zero-order valence-electron chi connectivity index (χ0n) is 10.5. The van der Waals surface area contributed by atoms with Crippen molar-refractivity contribution in [3.8, 4) is 0 Å². The van der Waals surface area contributed by atoms with Gasteiger partial charge in [-0.25, -0.2) is 4.39 Å². The average molecular weight is 249 g/mol. The summed E-state index contributed by atoms with van der Waals surface area (Å²) in [4.78, 5) is 4.12. The highest BCUT2D eigenvalue weighted by Gasteiger charge is 2.21. The zero-order valence-corrected chi connectivity index (χ0v) is 10.5. The summed E-state index contributed by atoms with van der Waals surface area (Å²) >= 11 is 0. The summed E-state index contributed by atoms with van der Waals surface area (Å²) in [6.07, 6.45) is 4.17. The van der Waals surface area contributed by atoms with Gasteiger partial charge in [0.15, 0.2) is 0 Å². The minimum absolute atomic E-state index is 0.327. The predicted octanol–water partition coefficient (Wildman–Crippen LogP) is 1.44. The van der Waals surface area contributed by atoms with Gasteiger partial charge in [0.05, 0.1) is 23.6 Å². The van der Waals surface area contributed by atoms with Crippen molar-refractivity contribution in [1.82, 2.24) is 25.3 Å². The van der Waals surface area contributed by atoms with Crippen LogP contribution in [0, 0.1) is 5.82 Å². The fraction of sp³-hybridized carbons (Fsp3) is 0.417. The van der Waals surface area contributed by atoms with Crippen LogP contribution in [0.25, 0.3) is 0 Å². The summed E-state index contributed by atoms with van der Waals surface area (Å²) in [5.41, 5.74) is 1.16. The third-order valence-corrected chi connectivity index (χ3v) is 2.70. The topological polar surface area (TPSA) is 55.6 Å². The molecule has 2 rings (SSSR count). The maximum atomic E-state index is 13.8. The lowest BCUT2D eigenvalue weighted by molar-refractivity contribution is 0.505. The number of aryl methyl sites for hydroxylation is 1. The fourth-order valence-electron chi connectivity index (χ4n) is 1.80. The van der Waals surface area contributed by atoms with Crippen molar-refractivity contribution >= 4 is 0 Å². The Balaban J connectivity index is 2.37. The van der Waals surface area contributed by atoms with Crippen LogP contribution in [0.4, 0.5) is 4.39 Å². The van der Waals surface area contributed by atoms with E-state index in [4.69, 9.17) is 0 Å². The van der Waals surface area contributed by atoms with Crippen LogP contribution in [0.3, 0.4) is 0 Å². The smallest absolute Gasteiger partial charge is 0.146 e. The summed E-state index contributed by atoms with van der Waals surface area (Å²) in [6.45, 7) is 2.83. The van der Waals surface area contributed by atoms with E-state index in [0.717, 1.165) is 18.7 Å². The molecule has 0 spiro atoms. The summed E-state index contributed by atoms with van der Waals surface area (Å²) in [6, 6.07) is 2.66. The van der Waals surface area contributed by atoms with Crippen LogP contribution < -0.4 is 5.32 Å². The van der Waals surface area contributed by atoms with Gasteiger partial charge in [-0.2, -0.15) is 0 Å². The van der Waals surface area contributed by atoms with Crippen LogP contribution in [0.2, 0.25) is 0 Å². The monoisotopic (exact) mass is 249 g/mol. The molecular formula is C12H16FN5. The SMILES string of the molecule is CCCNC(c1ncccc1F)c1cnnn1C. The minimum Gasteiger partial charge on any atom is -0.304 e. The van der Waals surface area contributed by atoms with Gasteiger partial charge in [-0.05, 0) is 25.1 Å². The van der Waals surface area contributed by atoms with Crippen LogP contribution in [0.1, 0.15) is 30.8 Å². The van der Waals surface area contributed by atoms with Crippen LogP contribution in [-0.2, 0) is 7.05 Å². The van der Waals surface area contributed by atoms with Gasteiger partial charge in [0.2, 0.25) is 0 Å². The Hall–Kier alpha value is -1.82. The van der Waals surface area contributed by atoms with Crippen molar-refractivity contribution < 1.29 is 4.39 Å². The first-order chi connectivity index (χ1) is 8.74. The van der Waals surface area contributed by atoms with Crippen molar-refractivity contribution in [2.24, 2.45) is 7.05 Å². The minimum atomic E-state index is -0.328. The molecule has 0 aliphatic rings. The first-order valence-corrected chi connectivity index (χ1v) is 5.92. The van der Waals surface area contributed by atoms with Gasteiger partial charge in [-0.15, -0.1) is 5.10 Å². The molecule has 0 aliphatic carbocycles. The highest BCUT2D eigenvalue weighted by atomic mass is 19.1. The normalized spacial score (nSPS) is 12.6. The van der Waals surface area contributed by atoms with Crippen molar-refractivity contribution in [3.05, 3.63) is 41.7 Å². The Kier molecular flexibility index (Phi) is 3.99. The average Bonchev–Trinajstić information content (AvgIpc) is 2.78. The van der Waals surface area contributed by atoms with Gasteiger partial charge >= 0.3 is 0 Å². The fourth-order valence-corrected chi connectivity index (χ4v) is 1.80. The molecular weight excluding hydrogens is 233 g/mol. The Labute approximate surface area is 105 Å². The molecule has 2 heterocycles. The molecule has 0 amide bonds. The molecule has 0 saturated heterocycles. The van der Waals surface area contributed by atoms with Crippen molar-refractivity contribution in [2.45, 2.75) is 19.4 Å². The molecule has 2 aromatic rings. The number of halogens is 1. The molecule has 1 unspecified atom stereocenters. The van der Waals surface area contributed by atoms with E-state index in [1.165, 1.54) is 6.07 Å². The molecule has 0 saturated carbocycles. The van der Waals surface area contributed by atoms with Gasteiger partial charge in [0.25, 0.3) is 0 Å². The molecule has 0 radical (unpaired) electrons. The maximum Gasteiger partial charge on any atom is 0.146 e. The maximum absolute atomic E-state index is 13.8. The summed E-state index contributed by atoms with van der Waals surface area (Å²) in [7, 11) is 1.78. The second-order valence-corrected chi connectivity index (χ2v) is 4.04. The van der Waals surface area contributed by atoms with E-state index in [1.807, 2.05) is 0 Å². The summed E-state index contributed by atoms with van der Waals surface area (Å²) in [5.74, 6) is -0.327. The van der Waals surface area contributed by atoms with Gasteiger partial charge in [0.1, 0.15) is 5.82 Å². The second-order valence-electron chi connectivity index (χ2n) is 4.04. The van der Waals surface area contributed by atoms with E-state index >= 15 is 0 Å². The van der Waals surface area contributed by atoms with E-state index in [1.54, 1.807) is 30.2 Å². The second kappa shape index (κ2) is 5.68. The number of nitrogens with one attached hydrogen (secondary N) is 1. The van der Waals surface area contributed by atoms with E-state index in [0.29, 0.717) is 5.69 Å². The lowest BCUT2D eigenvalue weighted by Crippen LogP contribution is -2.27. The molecule has 0 bridgehead atoms. The molecule has 0 aromatic carbocycles. The van der Waals surface area contributed by atoms with Gasteiger partial charge < -0.3 is 5.32 Å². The third kappa shape index (κ3) is 2.53. The molecule has 0 aliphatic heterocycles. The summed E-state index contributed by atoms with van der Waals surface area (Å²) in [5, 5.41) is 11.0. The molecule has 96 valence electrons. The standard InChI is InChI=1S/C12H16FN5/c1-3-6-14-12(10-8-16-17-18(10)2)11-9(13)5-4-7-15-11/h4-5,7-8,12,14H,3,6H2,1-2H3. The number of pyridine rings is 1. The van der Waals surface area contributed by atoms with Gasteiger partial charge in [-0.3, -0.25) is 9.67 Å². The van der Waals surface area contributed by atoms with E-state index < -0.39 is 0 Å². The predicted molar refractivity (Wildman–Crippen MR) is 65.3 cm³/mol. The van der Waals surface area contributed by atoms with E-state index in [-0.39, 0.29) is 11.9 Å². The molecule has 1 N–H and O–H groups in total. The Morgan fingerprint density at radius 3 is 2.94 bits per heavy atom. The van der Waals surface area contributed by atoms with Crippen molar-refractivity contribution in [2.75, 3.05) is 6.54 Å². The first-order valence-electron chi connectivity index (χ1n) is 5.92. The number of hydrogen-bond acceptors (Lipinski definition) is 4. The highest BCUT2D eigenvalue weighted by Crippen LogP contribution is 2.21.